The van der Waals surface area contributed by atoms with Crippen LogP contribution in [0, 0.1) is 0 Å². The number of hydrogen-bond acceptors (Lipinski definition) is 3. The lowest BCUT2D eigenvalue weighted by Gasteiger charge is -2.35. The van der Waals surface area contributed by atoms with Gasteiger partial charge in [0.05, 0.1) is 0 Å². The molecule has 2 rings (SSSR count). The van der Waals surface area contributed by atoms with Crippen molar-refractivity contribution < 1.29 is 0 Å². The van der Waals surface area contributed by atoms with E-state index in [1.54, 1.807) is 0 Å². The van der Waals surface area contributed by atoms with Gasteiger partial charge < -0.3 is 5.32 Å². The molecule has 1 aliphatic heterocycles. The molecule has 0 spiro atoms. The molecule has 0 aliphatic carbocycles. The Hall–Kier alpha value is -0.510. The summed E-state index contributed by atoms with van der Waals surface area (Å²) in [6.45, 7) is 8.12. The van der Waals surface area contributed by atoms with Crippen molar-refractivity contribution in [3.05, 3.63) is 35.9 Å². The Kier molecular flexibility index (Phi) is 7.62. The zero-order chi connectivity index (χ0) is 14.9. The molecule has 1 N–H and O–H groups in total. The van der Waals surface area contributed by atoms with Crippen molar-refractivity contribution in [3.8, 4) is 0 Å². The zero-order valence-electron chi connectivity index (χ0n) is 13.6. The predicted octanol–water partition coefficient (Wildman–Crippen LogP) is 3.77. The molecule has 1 heterocycles. The van der Waals surface area contributed by atoms with Gasteiger partial charge in [0.15, 0.2) is 0 Å². The van der Waals surface area contributed by atoms with Crippen LogP contribution >= 0.6 is 11.8 Å². The SMILES string of the molecule is CCSCCC(C)NC1CCCN(Cc2ccccc2)C1. The molecule has 0 saturated carbocycles. The molecule has 1 fully saturated rings. The average molecular weight is 307 g/mol. The quantitative estimate of drug-likeness (QED) is 0.736. The summed E-state index contributed by atoms with van der Waals surface area (Å²) in [5.41, 5.74) is 1.44. The van der Waals surface area contributed by atoms with Gasteiger partial charge in [-0.1, -0.05) is 37.3 Å². The van der Waals surface area contributed by atoms with Gasteiger partial charge in [-0.25, -0.2) is 0 Å². The first-order valence-corrected chi connectivity index (χ1v) is 9.53. The summed E-state index contributed by atoms with van der Waals surface area (Å²) in [5, 5.41) is 3.84. The number of nitrogens with zero attached hydrogens (tertiary/aromatic N) is 1. The Morgan fingerprint density at radius 2 is 2.14 bits per heavy atom. The number of likely N-dealkylation sites (tertiary alicyclic amines) is 1. The minimum Gasteiger partial charge on any atom is -0.310 e. The monoisotopic (exact) mass is 306 g/mol. The van der Waals surface area contributed by atoms with E-state index in [1.807, 2.05) is 0 Å². The van der Waals surface area contributed by atoms with Gasteiger partial charge in [0.25, 0.3) is 0 Å². The Morgan fingerprint density at radius 3 is 2.90 bits per heavy atom. The fourth-order valence-electron chi connectivity index (χ4n) is 3.07. The summed E-state index contributed by atoms with van der Waals surface area (Å²) in [7, 11) is 0. The standard InChI is InChI=1S/C18H30N2S/c1-3-21-13-11-16(2)19-18-10-7-12-20(15-18)14-17-8-5-4-6-9-17/h4-6,8-9,16,18-19H,3,7,10-15H2,1-2H3. The van der Waals surface area contributed by atoms with Crippen molar-refractivity contribution in [2.45, 2.75) is 51.7 Å². The average Bonchev–Trinajstić information content (AvgIpc) is 2.49. The van der Waals surface area contributed by atoms with E-state index in [9.17, 15) is 0 Å². The molecular weight excluding hydrogens is 276 g/mol. The van der Waals surface area contributed by atoms with Gasteiger partial charge in [0, 0.05) is 25.2 Å². The topological polar surface area (TPSA) is 15.3 Å². The normalized spacial score (nSPS) is 21.3. The van der Waals surface area contributed by atoms with Gasteiger partial charge in [-0.2, -0.15) is 11.8 Å². The molecule has 0 amide bonds. The van der Waals surface area contributed by atoms with Crippen LogP contribution in [-0.4, -0.2) is 41.6 Å². The van der Waals surface area contributed by atoms with Gasteiger partial charge in [-0.15, -0.1) is 0 Å². The summed E-state index contributed by atoms with van der Waals surface area (Å²) < 4.78 is 0. The minimum absolute atomic E-state index is 0.644. The molecule has 1 aromatic carbocycles. The maximum atomic E-state index is 3.84. The molecule has 0 radical (unpaired) electrons. The third kappa shape index (κ3) is 6.41. The summed E-state index contributed by atoms with van der Waals surface area (Å²) in [5.74, 6) is 2.52. The van der Waals surface area contributed by atoms with Crippen LogP contribution in [0.3, 0.4) is 0 Å². The molecule has 0 aromatic heterocycles. The van der Waals surface area contributed by atoms with E-state index in [-0.39, 0.29) is 0 Å². The lowest BCUT2D eigenvalue weighted by molar-refractivity contribution is 0.176. The van der Waals surface area contributed by atoms with Gasteiger partial charge in [0.1, 0.15) is 0 Å². The second-order valence-corrected chi connectivity index (χ2v) is 7.51. The molecule has 118 valence electrons. The fraction of sp³-hybridized carbons (Fsp3) is 0.667. The number of piperidine rings is 1. The first-order valence-electron chi connectivity index (χ1n) is 8.38. The van der Waals surface area contributed by atoms with Gasteiger partial charge in [-0.3, -0.25) is 4.90 Å². The van der Waals surface area contributed by atoms with Crippen LogP contribution in [0.25, 0.3) is 0 Å². The molecule has 2 nitrogen and oxygen atoms in total. The Labute approximate surface area is 134 Å². The Morgan fingerprint density at radius 1 is 1.33 bits per heavy atom. The molecule has 0 bridgehead atoms. The van der Waals surface area contributed by atoms with Crippen LogP contribution in [0.15, 0.2) is 30.3 Å². The molecule has 2 unspecified atom stereocenters. The molecule has 2 atom stereocenters. The van der Waals surface area contributed by atoms with E-state index in [0.717, 1.165) is 6.54 Å². The molecule has 1 saturated heterocycles. The zero-order valence-corrected chi connectivity index (χ0v) is 14.4. The van der Waals surface area contributed by atoms with Crippen LogP contribution in [-0.2, 0) is 6.54 Å². The first kappa shape index (κ1) is 16.9. The van der Waals surface area contributed by atoms with Gasteiger partial charge >= 0.3 is 0 Å². The lowest BCUT2D eigenvalue weighted by atomic mass is 10.0. The smallest absolute Gasteiger partial charge is 0.0234 e. The minimum atomic E-state index is 0.644. The summed E-state index contributed by atoms with van der Waals surface area (Å²) in [6.07, 6.45) is 3.94. The van der Waals surface area contributed by atoms with Crippen molar-refractivity contribution in [2.24, 2.45) is 0 Å². The predicted molar refractivity (Wildman–Crippen MR) is 95.0 cm³/mol. The highest BCUT2D eigenvalue weighted by Gasteiger charge is 2.20. The van der Waals surface area contributed by atoms with Crippen molar-refractivity contribution >= 4 is 11.8 Å². The molecule has 21 heavy (non-hydrogen) atoms. The van der Waals surface area contributed by atoms with E-state index >= 15 is 0 Å². The molecular formula is C18H30N2S. The molecule has 1 aromatic rings. The van der Waals surface area contributed by atoms with Gasteiger partial charge in [0.2, 0.25) is 0 Å². The highest BCUT2D eigenvalue weighted by molar-refractivity contribution is 7.99. The highest BCUT2D eigenvalue weighted by atomic mass is 32.2. The van der Waals surface area contributed by atoms with E-state index in [4.69, 9.17) is 0 Å². The number of thioether (sulfide) groups is 1. The maximum absolute atomic E-state index is 3.84. The maximum Gasteiger partial charge on any atom is 0.0234 e. The Balaban J connectivity index is 1.73. The summed E-state index contributed by atoms with van der Waals surface area (Å²) in [6, 6.07) is 12.2. The van der Waals surface area contributed by atoms with Crippen LogP contribution in [0.5, 0.6) is 0 Å². The fourth-order valence-corrected chi connectivity index (χ4v) is 3.88. The summed E-state index contributed by atoms with van der Waals surface area (Å²) in [4.78, 5) is 2.60. The van der Waals surface area contributed by atoms with Crippen LogP contribution in [0.2, 0.25) is 0 Å². The van der Waals surface area contributed by atoms with Gasteiger partial charge in [-0.05, 0) is 49.8 Å². The molecule has 1 aliphatic rings. The second-order valence-electron chi connectivity index (χ2n) is 6.11. The molecule has 3 heteroatoms. The van der Waals surface area contributed by atoms with Crippen molar-refractivity contribution in [2.75, 3.05) is 24.6 Å². The summed E-state index contributed by atoms with van der Waals surface area (Å²) >= 11 is 2.05. The van der Waals surface area contributed by atoms with Crippen LogP contribution in [0.1, 0.15) is 38.7 Å². The number of nitrogens with one attached hydrogen (secondary N) is 1. The number of hydrogen-bond donors (Lipinski definition) is 1. The van der Waals surface area contributed by atoms with Crippen LogP contribution in [0.4, 0.5) is 0 Å². The van der Waals surface area contributed by atoms with E-state index in [0.29, 0.717) is 12.1 Å². The third-order valence-electron chi connectivity index (χ3n) is 4.17. The van der Waals surface area contributed by atoms with E-state index in [2.05, 4.69) is 66.2 Å². The Bertz CT molecular complexity index is 382. The first-order chi connectivity index (χ1) is 10.3. The highest BCUT2D eigenvalue weighted by Crippen LogP contribution is 2.15. The van der Waals surface area contributed by atoms with Crippen molar-refractivity contribution in [1.29, 1.82) is 0 Å². The lowest BCUT2D eigenvalue weighted by Crippen LogP contribution is -2.48. The second kappa shape index (κ2) is 9.50. The third-order valence-corrected chi connectivity index (χ3v) is 5.11. The van der Waals surface area contributed by atoms with Crippen molar-refractivity contribution in [3.63, 3.8) is 0 Å². The number of rotatable bonds is 8. The number of benzene rings is 1. The largest absolute Gasteiger partial charge is 0.310 e. The van der Waals surface area contributed by atoms with Crippen molar-refractivity contribution in [1.82, 2.24) is 10.2 Å². The van der Waals surface area contributed by atoms with Crippen LogP contribution < -0.4 is 5.32 Å². The van der Waals surface area contributed by atoms with E-state index in [1.165, 1.54) is 49.4 Å². The van der Waals surface area contributed by atoms with E-state index < -0.39 is 0 Å².